The first-order valence-corrected chi connectivity index (χ1v) is 5.92. The van der Waals surface area contributed by atoms with Gasteiger partial charge in [0.2, 0.25) is 0 Å². The number of hydrogen-bond acceptors (Lipinski definition) is 3. The molecule has 0 bridgehead atoms. The highest BCUT2D eigenvalue weighted by Crippen LogP contribution is 2.33. The molecule has 0 spiro atoms. The number of hydrogen-bond donors (Lipinski definition) is 1. The molecule has 1 aliphatic carbocycles. The van der Waals surface area contributed by atoms with E-state index in [9.17, 15) is 4.79 Å². The van der Waals surface area contributed by atoms with Crippen LogP contribution >= 0.6 is 0 Å². The van der Waals surface area contributed by atoms with Crippen LogP contribution in [-0.2, 0) is 4.79 Å². The molecule has 0 amide bonds. The van der Waals surface area contributed by atoms with E-state index in [2.05, 4.69) is 24.4 Å². The molecule has 3 nitrogen and oxygen atoms in total. The van der Waals surface area contributed by atoms with E-state index in [1.165, 1.54) is 11.3 Å². The maximum atomic E-state index is 12.2. The molecule has 1 N–H and O–H groups in total. The van der Waals surface area contributed by atoms with Crippen molar-refractivity contribution in [2.45, 2.75) is 13.3 Å². The second kappa shape index (κ2) is 4.42. The van der Waals surface area contributed by atoms with E-state index in [1.807, 2.05) is 19.0 Å². The van der Waals surface area contributed by atoms with Gasteiger partial charge >= 0.3 is 0 Å². The van der Waals surface area contributed by atoms with E-state index in [0.717, 1.165) is 13.0 Å². The Labute approximate surface area is 97.2 Å². The molecule has 0 saturated heterocycles. The number of allylic oxidation sites excluding steroid dienone is 3. The van der Waals surface area contributed by atoms with Crippen molar-refractivity contribution in [3.63, 3.8) is 0 Å². The molecule has 0 aromatic rings. The molecule has 2 unspecified atom stereocenters. The highest BCUT2D eigenvalue weighted by molar-refractivity contribution is 5.86. The van der Waals surface area contributed by atoms with Crippen molar-refractivity contribution in [2.75, 3.05) is 27.2 Å². The molecule has 88 valence electrons. The van der Waals surface area contributed by atoms with E-state index in [-0.39, 0.29) is 5.92 Å². The van der Waals surface area contributed by atoms with Crippen molar-refractivity contribution in [1.29, 1.82) is 0 Å². The van der Waals surface area contributed by atoms with Crippen molar-refractivity contribution in [3.05, 3.63) is 23.4 Å². The van der Waals surface area contributed by atoms with Crippen LogP contribution in [0.25, 0.3) is 0 Å². The zero-order valence-electron chi connectivity index (χ0n) is 10.3. The van der Waals surface area contributed by atoms with E-state index in [0.29, 0.717) is 18.2 Å². The van der Waals surface area contributed by atoms with Gasteiger partial charge in [-0.1, -0.05) is 19.1 Å². The summed E-state index contributed by atoms with van der Waals surface area (Å²) in [7, 11) is 3.89. The standard InChI is InChI=1S/C13H20N2O/c1-9-4-5-10-6-7-14-13(10)12(9)11(16)8-15(2)3/h4-5,9,12,14H,6-8H2,1-3H3. The molecule has 0 aromatic heterocycles. The van der Waals surface area contributed by atoms with Crippen molar-refractivity contribution >= 4 is 5.78 Å². The van der Waals surface area contributed by atoms with Crippen LogP contribution in [0.5, 0.6) is 0 Å². The molecule has 2 aliphatic rings. The Balaban J connectivity index is 2.19. The number of nitrogens with zero attached hydrogens (tertiary/aromatic N) is 1. The molecule has 0 radical (unpaired) electrons. The third kappa shape index (κ3) is 2.05. The summed E-state index contributed by atoms with van der Waals surface area (Å²) in [6.07, 6.45) is 5.41. The van der Waals surface area contributed by atoms with Gasteiger partial charge in [0.15, 0.2) is 5.78 Å². The van der Waals surface area contributed by atoms with Gasteiger partial charge in [-0.05, 0) is 32.0 Å². The molecule has 0 saturated carbocycles. The van der Waals surface area contributed by atoms with Crippen molar-refractivity contribution in [2.24, 2.45) is 11.8 Å². The molecule has 16 heavy (non-hydrogen) atoms. The zero-order chi connectivity index (χ0) is 11.7. The van der Waals surface area contributed by atoms with E-state index >= 15 is 0 Å². The first kappa shape index (κ1) is 11.4. The summed E-state index contributed by atoms with van der Waals surface area (Å²) in [5.41, 5.74) is 2.51. The highest BCUT2D eigenvalue weighted by atomic mass is 16.1. The third-order valence-electron chi connectivity index (χ3n) is 3.31. The number of ketones is 1. The van der Waals surface area contributed by atoms with Gasteiger partial charge in [-0.25, -0.2) is 0 Å². The fraction of sp³-hybridized carbons (Fsp3) is 0.615. The minimum atomic E-state index is 0.0462. The largest absolute Gasteiger partial charge is 0.387 e. The predicted octanol–water partition coefficient (Wildman–Crippen LogP) is 1.19. The smallest absolute Gasteiger partial charge is 0.156 e. The average Bonchev–Trinajstić information content (AvgIpc) is 2.63. The van der Waals surface area contributed by atoms with Crippen LogP contribution < -0.4 is 5.32 Å². The van der Waals surface area contributed by atoms with Crippen molar-refractivity contribution < 1.29 is 4.79 Å². The average molecular weight is 220 g/mol. The summed E-state index contributed by atoms with van der Waals surface area (Å²) in [5, 5.41) is 3.38. The maximum absolute atomic E-state index is 12.2. The Bertz CT molecular complexity index is 355. The number of nitrogens with one attached hydrogen (secondary N) is 1. The number of Topliss-reactive ketones (excluding diaryl/α,β-unsaturated/α-hetero) is 1. The van der Waals surface area contributed by atoms with Gasteiger partial charge in [-0.2, -0.15) is 0 Å². The topological polar surface area (TPSA) is 32.3 Å². The molecule has 2 rings (SSSR count). The maximum Gasteiger partial charge on any atom is 0.156 e. The van der Waals surface area contributed by atoms with Gasteiger partial charge in [-0.3, -0.25) is 4.79 Å². The van der Waals surface area contributed by atoms with Crippen LogP contribution in [-0.4, -0.2) is 37.9 Å². The first-order chi connectivity index (χ1) is 7.59. The fourth-order valence-electron chi connectivity index (χ4n) is 2.57. The van der Waals surface area contributed by atoms with E-state index in [4.69, 9.17) is 0 Å². The highest BCUT2D eigenvalue weighted by Gasteiger charge is 2.33. The Hall–Kier alpha value is -1.09. The fourth-order valence-corrected chi connectivity index (χ4v) is 2.57. The van der Waals surface area contributed by atoms with Crippen molar-refractivity contribution in [3.8, 4) is 0 Å². The molecule has 0 aromatic carbocycles. The lowest BCUT2D eigenvalue weighted by Crippen LogP contribution is -2.35. The number of likely N-dealkylation sites (N-methyl/N-ethyl adjacent to an activating group) is 1. The lowest BCUT2D eigenvalue weighted by atomic mass is 9.81. The first-order valence-electron chi connectivity index (χ1n) is 5.92. The van der Waals surface area contributed by atoms with Crippen LogP contribution in [0.1, 0.15) is 13.3 Å². The summed E-state index contributed by atoms with van der Waals surface area (Å²) < 4.78 is 0. The molecule has 0 fully saturated rings. The molecule has 1 aliphatic heterocycles. The summed E-state index contributed by atoms with van der Waals surface area (Å²) >= 11 is 0. The second-order valence-corrected chi connectivity index (χ2v) is 5.02. The van der Waals surface area contributed by atoms with E-state index in [1.54, 1.807) is 0 Å². The summed E-state index contributed by atoms with van der Waals surface area (Å²) in [5.74, 6) is 0.686. The van der Waals surface area contributed by atoms with Gasteiger partial charge < -0.3 is 10.2 Å². The zero-order valence-corrected chi connectivity index (χ0v) is 10.3. The minimum absolute atomic E-state index is 0.0462. The van der Waals surface area contributed by atoms with Crippen LogP contribution in [0.15, 0.2) is 23.4 Å². The summed E-state index contributed by atoms with van der Waals surface area (Å²) in [4.78, 5) is 14.2. The van der Waals surface area contributed by atoms with Gasteiger partial charge in [0.1, 0.15) is 0 Å². The van der Waals surface area contributed by atoms with Crippen LogP contribution in [0.4, 0.5) is 0 Å². The molecular weight excluding hydrogens is 200 g/mol. The SMILES string of the molecule is CC1C=CC2=C(NCC2)C1C(=O)CN(C)C. The van der Waals surface area contributed by atoms with Crippen LogP contribution in [0.3, 0.4) is 0 Å². The van der Waals surface area contributed by atoms with Gasteiger partial charge in [0.05, 0.1) is 12.5 Å². The number of carbonyl (C=O) groups is 1. The lowest BCUT2D eigenvalue weighted by Gasteiger charge is -2.27. The van der Waals surface area contributed by atoms with Crippen molar-refractivity contribution in [1.82, 2.24) is 10.2 Å². The van der Waals surface area contributed by atoms with Crippen LogP contribution in [0.2, 0.25) is 0 Å². The monoisotopic (exact) mass is 220 g/mol. The normalized spacial score (nSPS) is 28.2. The molecule has 3 heteroatoms. The van der Waals surface area contributed by atoms with Crippen LogP contribution in [0, 0.1) is 11.8 Å². The van der Waals surface area contributed by atoms with E-state index < -0.39 is 0 Å². The number of carbonyl (C=O) groups excluding carboxylic acids is 1. The Morgan fingerprint density at radius 3 is 3.00 bits per heavy atom. The second-order valence-electron chi connectivity index (χ2n) is 5.02. The number of rotatable bonds is 3. The Morgan fingerprint density at radius 2 is 2.31 bits per heavy atom. The molecule has 2 atom stereocenters. The van der Waals surface area contributed by atoms with Gasteiger partial charge in [0, 0.05) is 12.2 Å². The molecular formula is C13H20N2O. The quantitative estimate of drug-likeness (QED) is 0.775. The lowest BCUT2D eigenvalue weighted by molar-refractivity contribution is -0.123. The summed E-state index contributed by atoms with van der Waals surface area (Å²) in [6.45, 7) is 3.63. The minimum Gasteiger partial charge on any atom is -0.387 e. The summed E-state index contributed by atoms with van der Waals surface area (Å²) in [6, 6.07) is 0. The molecule has 1 heterocycles. The Morgan fingerprint density at radius 1 is 1.56 bits per heavy atom. The predicted molar refractivity (Wildman–Crippen MR) is 65.0 cm³/mol. The van der Waals surface area contributed by atoms with Gasteiger partial charge in [-0.15, -0.1) is 0 Å². The third-order valence-corrected chi connectivity index (χ3v) is 3.31. The Kier molecular flexibility index (Phi) is 3.15. The van der Waals surface area contributed by atoms with Gasteiger partial charge in [0.25, 0.3) is 0 Å².